The van der Waals surface area contributed by atoms with E-state index in [1.165, 1.54) is 29.0 Å². The normalized spacial score (nSPS) is 15.5. The minimum Gasteiger partial charge on any atom is -0.388 e. The predicted octanol–water partition coefficient (Wildman–Crippen LogP) is 4.28. The number of benzene rings is 2. The number of para-hydroxylation sites is 1. The number of aliphatic hydroxyl groups excluding tert-OH is 1. The Hall–Kier alpha value is -1.45. The Balaban J connectivity index is 1.62. The standard InChI is InChI=1S/C19H23NOS/c1-22-17-10-8-16(9-11-17)19(21)12-14-20-13-4-6-15-5-2-3-7-18(15)20/h2-3,5,7-11,19,21H,4,6,12-14H2,1H3. The highest BCUT2D eigenvalue weighted by molar-refractivity contribution is 7.98. The van der Waals surface area contributed by atoms with Crippen molar-refractivity contribution in [3.63, 3.8) is 0 Å². The van der Waals surface area contributed by atoms with E-state index in [0.29, 0.717) is 0 Å². The summed E-state index contributed by atoms with van der Waals surface area (Å²) in [6.45, 7) is 2.00. The summed E-state index contributed by atoms with van der Waals surface area (Å²) < 4.78 is 0. The van der Waals surface area contributed by atoms with E-state index in [9.17, 15) is 5.11 Å². The second kappa shape index (κ2) is 7.21. The average Bonchev–Trinajstić information content (AvgIpc) is 2.59. The summed E-state index contributed by atoms with van der Waals surface area (Å²) in [7, 11) is 0. The van der Waals surface area contributed by atoms with Crippen molar-refractivity contribution in [2.75, 3.05) is 24.2 Å². The summed E-state index contributed by atoms with van der Waals surface area (Å²) in [5.41, 5.74) is 3.80. The lowest BCUT2D eigenvalue weighted by Crippen LogP contribution is -2.31. The third-order valence-corrected chi connectivity index (χ3v) is 5.12. The van der Waals surface area contributed by atoms with Crippen LogP contribution < -0.4 is 4.90 Å². The topological polar surface area (TPSA) is 23.5 Å². The van der Waals surface area contributed by atoms with Crippen molar-refractivity contribution >= 4 is 17.4 Å². The van der Waals surface area contributed by atoms with Crippen LogP contribution >= 0.6 is 11.8 Å². The van der Waals surface area contributed by atoms with Crippen molar-refractivity contribution in [2.45, 2.75) is 30.3 Å². The van der Waals surface area contributed by atoms with Gasteiger partial charge in [0.15, 0.2) is 0 Å². The van der Waals surface area contributed by atoms with Gasteiger partial charge in [-0.25, -0.2) is 0 Å². The summed E-state index contributed by atoms with van der Waals surface area (Å²) in [6, 6.07) is 16.9. The Kier molecular flexibility index (Phi) is 5.06. The smallest absolute Gasteiger partial charge is 0.0806 e. The summed E-state index contributed by atoms with van der Waals surface area (Å²) in [6.07, 6.45) is 4.83. The van der Waals surface area contributed by atoms with Crippen LogP contribution in [0.4, 0.5) is 5.69 Å². The lowest BCUT2D eigenvalue weighted by atomic mass is 10.0. The number of hydrogen-bond acceptors (Lipinski definition) is 3. The number of nitrogens with zero attached hydrogens (tertiary/aromatic N) is 1. The molecule has 1 heterocycles. The Bertz CT molecular complexity index is 611. The van der Waals surface area contributed by atoms with Crippen molar-refractivity contribution in [1.82, 2.24) is 0 Å². The van der Waals surface area contributed by atoms with Gasteiger partial charge in [0.25, 0.3) is 0 Å². The van der Waals surface area contributed by atoms with Crippen LogP contribution in [0.2, 0.25) is 0 Å². The number of thioether (sulfide) groups is 1. The molecule has 0 amide bonds. The van der Waals surface area contributed by atoms with E-state index < -0.39 is 0 Å². The fourth-order valence-electron chi connectivity index (χ4n) is 3.11. The molecule has 1 atom stereocenters. The SMILES string of the molecule is CSc1ccc(C(O)CCN2CCCc3ccccc32)cc1. The van der Waals surface area contributed by atoms with Crippen LogP contribution in [0.25, 0.3) is 0 Å². The average molecular weight is 313 g/mol. The first-order valence-corrected chi connectivity index (χ1v) is 9.15. The minimum absolute atomic E-state index is 0.384. The maximum atomic E-state index is 10.4. The summed E-state index contributed by atoms with van der Waals surface area (Å²) in [5.74, 6) is 0. The van der Waals surface area contributed by atoms with Crippen molar-refractivity contribution in [1.29, 1.82) is 0 Å². The predicted molar refractivity (Wildman–Crippen MR) is 94.8 cm³/mol. The first kappa shape index (κ1) is 15.4. The van der Waals surface area contributed by atoms with E-state index in [1.54, 1.807) is 11.8 Å². The number of anilines is 1. The third kappa shape index (κ3) is 3.47. The molecule has 1 unspecified atom stereocenters. The fraction of sp³-hybridized carbons (Fsp3) is 0.368. The molecule has 3 rings (SSSR count). The Morgan fingerprint density at radius 2 is 1.91 bits per heavy atom. The summed E-state index contributed by atoms with van der Waals surface area (Å²) >= 11 is 1.73. The van der Waals surface area contributed by atoms with Crippen molar-refractivity contribution in [3.8, 4) is 0 Å². The van der Waals surface area contributed by atoms with Crippen LogP contribution in [0.5, 0.6) is 0 Å². The molecule has 22 heavy (non-hydrogen) atoms. The molecule has 3 heteroatoms. The highest BCUT2D eigenvalue weighted by Crippen LogP contribution is 2.28. The molecule has 0 radical (unpaired) electrons. The van der Waals surface area contributed by atoms with E-state index in [1.807, 2.05) is 12.1 Å². The molecule has 1 aliphatic rings. The van der Waals surface area contributed by atoms with Gasteiger partial charge in [0.2, 0.25) is 0 Å². The molecular weight excluding hydrogens is 290 g/mol. The number of rotatable bonds is 5. The molecule has 0 spiro atoms. The molecule has 0 saturated carbocycles. The number of aliphatic hydroxyl groups is 1. The van der Waals surface area contributed by atoms with Crippen LogP contribution in [0, 0.1) is 0 Å². The van der Waals surface area contributed by atoms with Gasteiger partial charge >= 0.3 is 0 Å². The molecule has 0 aromatic heterocycles. The van der Waals surface area contributed by atoms with Crippen LogP contribution in [-0.4, -0.2) is 24.5 Å². The van der Waals surface area contributed by atoms with Gasteiger partial charge in [-0.1, -0.05) is 30.3 Å². The number of aryl methyl sites for hydroxylation is 1. The zero-order valence-corrected chi connectivity index (χ0v) is 13.9. The van der Waals surface area contributed by atoms with Gasteiger partial charge in [0.1, 0.15) is 0 Å². The molecule has 2 aromatic carbocycles. The van der Waals surface area contributed by atoms with E-state index in [4.69, 9.17) is 0 Å². The molecule has 2 aromatic rings. The number of fused-ring (bicyclic) bond motifs is 1. The molecule has 1 N–H and O–H groups in total. The summed E-state index contributed by atoms with van der Waals surface area (Å²) in [4.78, 5) is 3.65. The van der Waals surface area contributed by atoms with E-state index in [2.05, 4.69) is 47.6 Å². The van der Waals surface area contributed by atoms with Gasteiger partial charge in [-0.15, -0.1) is 11.8 Å². The van der Waals surface area contributed by atoms with Gasteiger partial charge in [-0.2, -0.15) is 0 Å². The zero-order valence-electron chi connectivity index (χ0n) is 13.0. The highest BCUT2D eigenvalue weighted by Gasteiger charge is 2.17. The van der Waals surface area contributed by atoms with Gasteiger partial charge in [0.05, 0.1) is 6.10 Å². The van der Waals surface area contributed by atoms with E-state index >= 15 is 0 Å². The largest absolute Gasteiger partial charge is 0.388 e. The van der Waals surface area contributed by atoms with Gasteiger partial charge in [-0.05, 0) is 54.8 Å². The maximum absolute atomic E-state index is 10.4. The van der Waals surface area contributed by atoms with Gasteiger partial charge in [-0.3, -0.25) is 0 Å². The molecule has 116 valence electrons. The van der Waals surface area contributed by atoms with E-state index in [0.717, 1.165) is 25.1 Å². The lowest BCUT2D eigenvalue weighted by Gasteiger charge is -2.32. The Morgan fingerprint density at radius 3 is 2.68 bits per heavy atom. The van der Waals surface area contributed by atoms with Crippen LogP contribution in [0.3, 0.4) is 0 Å². The molecular formula is C19H23NOS. The molecule has 0 aliphatic carbocycles. The van der Waals surface area contributed by atoms with E-state index in [-0.39, 0.29) is 6.10 Å². The summed E-state index contributed by atoms with van der Waals surface area (Å²) in [5, 5.41) is 10.4. The monoisotopic (exact) mass is 313 g/mol. The maximum Gasteiger partial charge on any atom is 0.0806 e. The van der Waals surface area contributed by atoms with Crippen molar-refractivity contribution < 1.29 is 5.11 Å². The zero-order chi connectivity index (χ0) is 15.4. The van der Waals surface area contributed by atoms with Gasteiger partial charge in [0, 0.05) is 23.7 Å². The van der Waals surface area contributed by atoms with Gasteiger partial charge < -0.3 is 10.0 Å². The molecule has 0 fully saturated rings. The highest BCUT2D eigenvalue weighted by atomic mass is 32.2. The minimum atomic E-state index is -0.384. The second-order valence-corrected chi connectivity index (χ2v) is 6.68. The first-order valence-electron chi connectivity index (χ1n) is 7.93. The molecule has 2 nitrogen and oxygen atoms in total. The first-order chi connectivity index (χ1) is 10.8. The molecule has 0 saturated heterocycles. The fourth-order valence-corrected chi connectivity index (χ4v) is 3.52. The second-order valence-electron chi connectivity index (χ2n) is 5.80. The van der Waals surface area contributed by atoms with Crippen LogP contribution in [-0.2, 0) is 6.42 Å². The third-order valence-electron chi connectivity index (χ3n) is 4.38. The lowest BCUT2D eigenvalue weighted by molar-refractivity contribution is 0.169. The number of hydrogen-bond donors (Lipinski definition) is 1. The van der Waals surface area contributed by atoms with Crippen LogP contribution in [0.1, 0.15) is 30.1 Å². The molecule has 1 aliphatic heterocycles. The van der Waals surface area contributed by atoms with Crippen molar-refractivity contribution in [3.05, 3.63) is 59.7 Å². The van der Waals surface area contributed by atoms with Crippen molar-refractivity contribution in [2.24, 2.45) is 0 Å². The Morgan fingerprint density at radius 1 is 1.14 bits per heavy atom. The van der Waals surface area contributed by atoms with Crippen LogP contribution in [0.15, 0.2) is 53.4 Å². The molecule has 0 bridgehead atoms. The Labute approximate surface area is 137 Å². The quantitative estimate of drug-likeness (QED) is 0.833.